The van der Waals surface area contributed by atoms with E-state index in [0.717, 1.165) is 24.2 Å². The summed E-state index contributed by atoms with van der Waals surface area (Å²) in [7, 11) is 6.80. The first-order valence-electron chi connectivity index (χ1n) is 8.53. The van der Waals surface area contributed by atoms with Gasteiger partial charge in [-0.25, -0.2) is 0 Å². The monoisotopic (exact) mass is 348 g/mol. The number of carbonyl (C=O) groups excluding carboxylic acids is 2. The zero-order valence-corrected chi connectivity index (χ0v) is 15.7. The molecule has 0 N–H and O–H groups in total. The minimum absolute atomic E-state index is 0.0116. The van der Waals surface area contributed by atoms with Gasteiger partial charge in [-0.05, 0) is 18.9 Å². The zero-order chi connectivity index (χ0) is 18.6. The Hall–Kier alpha value is -2.08. The topological polar surface area (TPSA) is 59.1 Å². The molecule has 6 heteroatoms. The number of rotatable bonds is 6. The van der Waals surface area contributed by atoms with Crippen LogP contribution in [-0.2, 0) is 20.9 Å². The zero-order valence-electron chi connectivity index (χ0n) is 15.7. The molecule has 25 heavy (non-hydrogen) atoms. The minimum atomic E-state index is -0.276. The fourth-order valence-electron chi connectivity index (χ4n) is 3.63. The molecule has 0 aliphatic heterocycles. The van der Waals surface area contributed by atoms with Crippen LogP contribution in [0.25, 0.3) is 0 Å². The van der Waals surface area contributed by atoms with E-state index in [1.165, 1.54) is 6.92 Å². The van der Waals surface area contributed by atoms with Gasteiger partial charge >= 0.3 is 0 Å². The van der Waals surface area contributed by atoms with Crippen molar-refractivity contribution in [1.29, 1.82) is 0 Å². The second-order valence-corrected chi connectivity index (χ2v) is 6.59. The van der Waals surface area contributed by atoms with Crippen LogP contribution in [0.4, 0.5) is 0 Å². The number of nitrogens with zero attached hydrogens (tertiary/aromatic N) is 2. The van der Waals surface area contributed by atoms with Crippen LogP contribution >= 0.6 is 0 Å². The van der Waals surface area contributed by atoms with Crippen molar-refractivity contribution in [3.05, 3.63) is 29.8 Å². The largest absolute Gasteiger partial charge is 0.496 e. The molecule has 1 saturated carbocycles. The van der Waals surface area contributed by atoms with Crippen LogP contribution in [0.15, 0.2) is 24.3 Å². The highest BCUT2D eigenvalue weighted by molar-refractivity contribution is 5.80. The van der Waals surface area contributed by atoms with Crippen LogP contribution in [0.1, 0.15) is 25.3 Å². The lowest BCUT2D eigenvalue weighted by atomic mass is 10.0. The molecule has 0 radical (unpaired) electrons. The van der Waals surface area contributed by atoms with E-state index in [0.29, 0.717) is 6.54 Å². The van der Waals surface area contributed by atoms with Gasteiger partial charge in [0.2, 0.25) is 11.8 Å². The SMILES string of the molecule is COc1ccccc1CN(C)C(=O)[C@@H]1CC[C@@H](N(C)C(C)=O)[C@H]1OC. The third kappa shape index (κ3) is 4.12. The van der Waals surface area contributed by atoms with E-state index in [-0.39, 0.29) is 29.9 Å². The summed E-state index contributed by atoms with van der Waals surface area (Å²) < 4.78 is 11.0. The molecule has 0 heterocycles. The quantitative estimate of drug-likeness (QED) is 0.788. The molecular formula is C19H28N2O4. The van der Waals surface area contributed by atoms with Crippen LogP contribution in [0, 0.1) is 5.92 Å². The molecule has 1 fully saturated rings. The van der Waals surface area contributed by atoms with Crippen molar-refractivity contribution in [2.45, 2.75) is 38.5 Å². The number of likely N-dealkylation sites (N-methyl/N-ethyl adjacent to an activating group) is 1. The Morgan fingerprint density at radius 1 is 1.16 bits per heavy atom. The molecule has 3 atom stereocenters. The van der Waals surface area contributed by atoms with E-state index >= 15 is 0 Å². The molecule has 0 bridgehead atoms. The molecular weight excluding hydrogens is 320 g/mol. The molecule has 1 aliphatic carbocycles. The summed E-state index contributed by atoms with van der Waals surface area (Å²) in [5.74, 6) is 0.558. The molecule has 0 saturated heterocycles. The van der Waals surface area contributed by atoms with Gasteiger partial charge in [-0.15, -0.1) is 0 Å². The number of hydrogen-bond donors (Lipinski definition) is 0. The van der Waals surface area contributed by atoms with Gasteiger partial charge in [0.05, 0.1) is 25.2 Å². The van der Waals surface area contributed by atoms with Gasteiger partial charge in [0.15, 0.2) is 0 Å². The summed E-state index contributed by atoms with van der Waals surface area (Å²) in [5, 5.41) is 0. The second-order valence-electron chi connectivity index (χ2n) is 6.59. The second kappa shape index (κ2) is 8.34. The van der Waals surface area contributed by atoms with E-state index < -0.39 is 0 Å². The Bertz CT molecular complexity index is 619. The third-order valence-corrected chi connectivity index (χ3v) is 5.11. The van der Waals surface area contributed by atoms with Crippen molar-refractivity contribution in [3.63, 3.8) is 0 Å². The first kappa shape index (κ1) is 19.2. The lowest BCUT2D eigenvalue weighted by molar-refractivity contribution is -0.141. The molecule has 0 spiro atoms. The van der Waals surface area contributed by atoms with Crippen LogP contribution in [0.2, 0.25) is 0 Å². The normalized spacial score (nSPS) is 22.5. The van der Waals surface area contributed by atoms with Gasteiger partial charge in [-0.1, -0.05) is 18.2 Å². The van der Waals surface area contributed by atoms with Crippen LogP contribution in [0.5, 0.6) is 5.75 Å². The van der Waals surface area contributed by atoms with Crippen molar-refractivity contribution >= 4 is 11.8 Å². The summed E-state index contributed by atoms with van der Waals surface area (Å²) in [6.45, 7) is 2.01. The fraction of sp³-hybridized carbons (Fsp3) is 0.579. The Morgan fingerprint density at radius 2 is 1.84 bits per heavy atom. The number of hydrogen-bond acceptors (Lipinski definition) is 4. The molecule has 1 aliphatic rings. The van der Waals surface area contributed by atoms with Gasteiger partial charge in [0.1, 0.15) is 5.75 Å². The predicted molar refractivity (Wildman–Crippen MR) is 95.2 cm³/mol. The molecule has 138 valence electrons. The average Bonchev–Trinajstić information content (AvgIpc) is 3.04. The Balaban J connectivity index is 2.10. The highest BCUT2D eigenvalue weighted by Crippen LogP contribution is 2.33. The van der Waals surface area contributed by atoms with Gasteiger partial charge in [0.25, 0.3) is 0 Å². The number of carbonyl (C=O) groups is 2. The Labute approximate surface area is 149 Å². The maximum atomic E-state index is 13.0. The van der Waals surface area contributed by atoms with Gasteiger partial charge in [0, 0.05) is 40.2 Å². The van der Waals surface area contributed by atoms with Crippen LogP contribution in [0.3, 0.4) is 0 Å². The molecule has 2 rings (SSSR count). The van der Waals surface area contributed by atoms with Crippen LogP contribution < -0.4 is 4.74 Å². The number of methoxy groups -OCH3 is 2. The summed E-state index contributed by atoms with van der Waals surface area (Å²) in [6, 6.07) is 7.62. The van der Waals surface area contributed by atoms with Crippen molar-refractivity contribution < 1.29 is 19.1 Å². The molecule has 0 aromatic heterocycles. The summed E-state index contributed by atoms with van der Waals surface area (Å²) in [6.07, 6.45) is 1.21. The first-order valence-corrected chi connectivity index (χ1v) is 8.53. The molecule has 2 amide bonds. The minimum Gasteiger partial charge on any atom is -0.496 e. The van der Waals surface area contributed by atoms with E-state index in [2.05, 4.69) is 0 Å². The lowest BCUT2D eigenvalue weighted by Crippen LogP contribution is -2.46. The van der Waals surface area contributed by atoms with Crippen molar-refractivity contribution in [1.82, 2.24) is 9.80 Å². The molecule has 1 aromatic rings. The molecule has 6 nitrogen and oxygen atoms in total. The van der Waals surface area contributed by atoms with Crippen LogP contribution in [-0.4, -0.2) is 62.1 Å². The van der Waals surface area contributed by atoms with Crippen molar-refractivity contribution in [2.75, 3.05) is 28.3 Å². The van der Waals surface area contributed by atoms with E-state index in [1.807, 2.05) is 24.3 Å². The van der Waals surface area contributed by atoms with Crippen molar-refractivity contribution in [2.24, 2.45) is 5.92 Å². The summed E-state index contributed by atoms with van der Waals surface area (Å²) >= 11 is 0. The third-order valence-electron chi connectivity index (χ3n) is 5.11. The summed E-state index contributed by atoms with van der Waals surface area (Å²) in [5.41, 5.74) is 0.963. The Kier molecular flexibility index (Phi) is 6.42. The molecule has 0 unspecified atom stereocenters. The predicted octanol–water partition coefficient (Wildman–Crippen LogP) is 1.93. The first-order chi connectivity index (χ1) is 11.9. The number of para-hydroxylation sites is 1. The highest BCUT2D eigenvalue weighted by atomic mass is 16.5. The lowest BCUT2D eigenvalue weighted by Gasteiger charge is -2.31. The standard InChI is InChI=1S/C19H28N2O4/c1-13(22)21(3)16-11-10-15(18(16)25-5)19(23)20(2)12-14-8-6-7-9-17(14)24-4/h6-9,15-16,18H,10-12H2,1-5H3/t15-,16-,18+/m1/s1. The van der Waals surface area contributed by atoms with Gasteiger partial charge < -0.3 is 19.3 Å². The maximum absolute atomic E-state index is 13.0. The van der Waals surface area contributed by atoms with Gasteiger partial charge in [-0.2, -0.15) is 0 Å². The highest BCUT2D eigenvalue weighted by Gasteiger charge is 2.44. The van der Waals surface area contributed by atoms with Crippen molar-refractivity contribution in [3.8, 4) is 5.75 Å². The molecule has 1 aromatic carbocycles. The fourth-order valence-corrected chi connectivity index (χ4v) is 3.63. The number of amides is 2. The number of ether oxygens (including phenoxy) is 2. The smallest absolute Gasteiger partial charge is 0.228 e. The van der Waals surface area contributed by atoms with E-state index in [4.69, 9.17) is 9.47 Å². The van der Waals surface area contributed by atoms with Gasteiger partial charge in [-0.3, -0.25) is 9.59 Å². The Morgan fingerprint density at radius 3 is 2.44 bits per heavy atom. The van der Waals surface area contributed by atoms with E-state index in [9.17, 15) is 9.59 Å². The van der Waals surface area contributed by atoms with E-state index in [1.54, 1.807) is 38.1 Å². The summed E-state index contributed by atoms with van der Waals surface area (Å²) in [4.78, 5) is 28.0. The maximum Gasteiger partial charge on any atom is 0.228 e. The average molecular weight is 348 g/mol. The number of benzene rings is 1.